The predicted molar refractivity (Wildman–Crippen MR) is 113 cm³/mol. The van der Waals surface area contributed by atoms with E-state index in [2.05, 4.69) is 27.1 Å². The largest absolute Gasteiger partial charge is 0.341 e. The molecule has 0 radical (unpaired) electrons. The summed E-state index contributed by atoms with van der Waals surface area (Å²) in [6.07, 6.45) is 5.72. The van der Waals surface area contributed by atoms with E-state index in [-0.39, 0.29) is 18.2 Å². The van der Waals surface area contributed by atoms with Crippen LogP contribution in [-0.4, -0.2) is 41.4 Å². The van der Waals surface area contributed by atoms with Crippen LogP contribution in [0, 0.1) is 11.8 Å². The Morgan fingerprint density at radius 3 is 2.45 bits per heavy atom. The van der Waals surface area contributed by atoms with Gasteiger partial charge in [0.05, 0.1) is 24.0 Å². The number of nitrogens with zero attached hydrogens (tertiary/aromatic N) is 4. The van der Waals surface area contributed by atoms with E-state index in [4.69, 9.17) is 11.6 Å². The van der Waals surface area contributed by atoms with Crippen molar-refractivity contribution >= 4 is 40.7 Å². The van der Waals surface area contributed by atoms with Crippen LogP contribution < -0.4 is 15.1 Å². The van der Waals surface area contributed by atoms with Crippen LogP contribution in [-0.2, 0) is 9.59 Å². The average molecular weight is 414 g/mol. The van der Waals surface area contributed by atoms with Gasteiger partial charge in [0.15, 0.2) is 0 Å². The molecule has 3 heterocycles. The van der Waals surface area contributed by atoms with Crippen LogP contribution >= 0.6 is 11.6 Å². The highest BCUT2D eigenvalue weighted by atomic mass is 35.5. The molecule has 29 heavy (non-hydrogen) atoms. The minimum atomic E-state index is -0.415. The molecule has 2 fully saturated rings. The fraction of sp³-hybridized carbons (Fsp3) is 0.429. The Morgan fingerprint density at radius 2 is 1.79 bits per heavy atom. The Hall–Kier alpha value is -2.67. The molecule has 2 aliphatic heterocycles. The molecule has 1 unspecified atom stereocenters. The molecule has 2 aliphatic rings. The van der Waals surface area contributed by atoms with Gasteiger partial charge in [0.25, 0.3) is 0 Å². The lowest BCUT2D eigenvalue weighted by Gasteiger charge is -2.30. The van der Waals surface area contributed by atoms with Crippen LogP contribution in [0.1, 0.15) is 26.2 Å². The maximum absolute atomic E-state index is 12.6. The molecule has 0 bridgehead atoms. The molecule has 0 aliphatic carbocycles. The smallest absolute Gasteiger partial charge is 0.229 e. The Kier molecular flexibility index (Phi) is 5.67. The first kappa shape index (κ1) is 19.6. The monoisotopic (exact) mass is 413 g/mol. The van der Waals surface area contributed by atoms with Gasteiger partial charge in [-0.05, 0) is 43.0 Å². The summed E-state index contributed by atoms with van der Waals surface area (Å²) in [7, 11) is 0. The van der Waals surface area contributed by atoms with Crippen molar-refractivity contribution in [1.82, 2.24) is 9.97 Å². The second-order valence-corrected chi connectivity index (χ2v) is 8.25. The van der Waals surface area contributed by atoms with Crippen LogP contribution in [0.3, 0.4) is 0 Å². The third-order valence-electron chi connectivity index (χ3n) is 5.61. The van der Waals surface area contributed by atoms with E-state index in [0.717, 1.165) is 37.5 Å². The van der Waals surface area contributed by atoms with Crippen LogP contribution in [0.5, 0.6) is 0 Å². The van der Waals surface area contributed by atoms with E-state index in [1.807, 2.05) is 0 Å². The zero-order chi connectivity index (χ0) is 20.4. The summed E-state index contributed by atoms with van der Waals surface area (Å²) < 4.78 is 0. The van der Waals surface area contributed by atoms with Gasteiger partial charge in [-0.15, -0.1) is 0 Å². The van der Waals surface area contributed by atoms with E-state index in [1.54, 1.807) is 41.6 Å². The molecule has 1 atom stereocenters. The van der Waals surface area contributed by atoms with Crippen molar-refractivity contribution in [3.05, 3.63) is 41.7 Å². The Bertz CT molecular complexity index is 879. The van der Waals surface area contributed by atoms with Crippen molar-refractivity contribution in [3.8, 4) is 0 Å². The van der Waals surface area contributed by atoms with Crippen LogP contribution in [0.2, 0.25) is 5.02 Å². The van der Waals surface area contributed by atoms with Gasteiger partial charge in [0, 0.05) is 36.8 Å². The summed E-state index contributed by atoms with van der Waals surface area (Å²) in [6, 6.07) is 7.04. The Labute approximate surface area is 175 Å². The molecule has 7 nitrogen and oxygen atoms in total. The van der Waals surface area contributed by atoms with Gasteiger partial charge in [-0.3, -0.25) is 9.59 Å². The second kappa shape index (κ2) is 8.37. The van der Waals surface area contributed by atoms with Crippen molar-refractivity contribution in [2.75, 3.05) is 34.8 Å². The Balaban J connectivity index is 1.35. The first-order valence-electron chi connectivity index (χ1n) is 9.93. The number of piperidine rings is 1. The van der Waals surface area contributed by atoms with Crippen molar-refractivity contribution < 1.29 is 9.59 Å². The molecule has 0 saturated carbocycles. The fourth-order valence-corrected chi connectivity index (χ4v) is 3.88. The van der Waals surface area contributed by atoms with Gasteiger partial charge in [-0.2, -0.15) is 0 Å². The SMILES string of the molecule is CC1CCN(c2ncc(NC(=O)C3CC(=O)N(c4ccc(Cl)cc4)C3)cn2)CC1. The molecule has 152 valence electrons. The van der Waals surface area contributed by atoms with Crippen LogP contribution in [0.25, 0.3) is 0 Å². The van der Waals surface area contributed by atoms with E-state index in [9.17, 15) is 9.59 Å². The van der Waals surface area contributed by atoms with Crippen molar-refractivity contribution in [2.45, 2.75) is 26.2 Å². The van der Waals surface area contributed by atoms with Gasteiger partial charge in [-0.1, -0.05) is 18.5 Å². The molecular weight excluding hydrogens is 390 g/mol. The molecule has 8 heteroatoms. The molecule has 2 saturated heterocycles. The van der Waals surface area contributed by atoms with Crippen LogP contribution in [0.15, 0.2) is 36.7 Å². The van der Waals surface area contributed by atoms with E-state index in [1.165, 1.54) is 0 Å². The number of carbonyl (C=O) groups excluding carboxylic acids is 2. The molecule has 2 amide bonds. The number of aromatic nitrogens is 2. The van der Waals surface area contributed by atoms with Crippen LogP contribution in [0.4, 0.5) is 17.3 Å². The topological polar surface area (TPSA) is 78.4 Å². The Morgan fingerprint density at radius 1 is 1.14 bits per heavy atom. The molecule has 4 rings (SSSR count). The summed E-state index contributed by atoms with van der Waals surface area (Å²) in [4.78, 5) is 37.6. The van der Waals surface area contributed by atoms with E-state index < -0.39 is 5.92 Å². The van der Waals surface area contributed by atoms with E-state index in [0.29, 0.717) is 23.2 Å². The maximum atomic E-state index is 12.6. The normalized spacial score (nSPS) is 20.2. The molecule has 1 aromatic carbocycles. The van der Waals surface area contributed by atoms with E-state index >= 15 is 0 Å². The molecule has 1 aromatic heterocycles. The number of halogens is 1. The molecule has 2 aromatic rings. The number of carbonyl (C=O) groups is 2. The number of nitrogens with one attached hydrogen (secondary N) is 1. The number of anilines is 3. The number of benzene rings is 1. The van der Waals surface area contributed by atoms with Gasteiger partial charge < -0.3 is 15.1 Å². The third kappa shape index (κ3) is 4.50. The van der Waals surface area contributed by atoms with Gasteiger partial charge in [-0.25, -0.2) is 9.97 Å². The molecule has 0 spiro atoms. The highest BCUT2D eigenvalue weighted by molar-refractivity contribution is 6.30. The van der Waals surface area contributed by atoms with Crippen molar-refractivity contribution in [1.29, 1.82) is 0 Å². The predicted octanol–water partition coefficient (Wildman–Crippen LogP) is 3.36. The summed E-state index contributed by atoms with van der Waals surface area (Å²) >= 11 is 5.91. The lowest BCUT2D eigenvalue weighted by Crippen LogP contribution is -2.34. The quantitative estimate of drug-likeness (QED) is 0.831. The summed E-state index contributed by atoms with van der Waals surface area (Å²) in [6.45, 7) is 4.52. The zero-order valence-electron chi connectivity index (χ0n) is 16.3. The third-order valence-corrected chi connectivity index (χ3v) is 5.86. The first-order chi connectivity index (χ1) is 14.0. The standard InChI is InChI=1S/C21H24ClN5O2/c1-14-6-8-26(9-7-14)21-23-11-17(12-24-21)25-20(29)15-10-19(28)27(13-15)18-4-2-16(22)3-5-18/h2-5,11-12,14-15H,6-10,13H2,1H3,(H,25,29). The number of hydrogen-bond donors (Lipinski definition) is 1. The molecular formula is C21H24ClN5O2. The number of hydrogen-bond acceptors (Lipinski definition) is 5. The van der Waals surface area contributed by atoms with Crippen molar-refractivity contribution in [3.63, 3.8) is 0 Å². The van der Waals surface area contributed by atoms with Gasteiger partial charge in [0.2, 0.25) is 17.8 Å². The summed E-state index contributed by atoms with van der Waals surface area (Å²) in [5.41, 5.74) is 1.29. The molecule has 1 N–H and O–H groups in total. The highest BCUT2D eigenvalue weighted by Crippen LogP contribution is 2.27. The fourth-order valence-electron chi connectivity index (χ4n) is 3.76. The van der Waals surface area contributed by atoms with Crippen molar-refractivity contribution in [2.24, 2.45) is 11.8 Å². The summed E-state index contributed by atoms with van der Waals surface area (Å²) in [5.74, 6) is 0.754. The maximum Gasteiger partial charge on any atom is 0.229 e. The average Bonchev–Trinajstić information content (AvgIpc) is 3.12. The lowest BCUT2D eigenvalue weighted by atomic mass is 10.00. The number of rotatable bonds is 4. The second-order valence-electron chi connectivity index (χ2n) is 7.81. The highest BCUT2D eigenvalue weighted by Gasteiger charge is 2.35. The van der Waals surface area contributed by atoms with Gasteiger partial charge in [0.1, 0.15) is 0 Å². The first-order valence-corrected chi connectivity index (χ1v) is 10.3. The summed E-state index contributed by atoms with van der Waals surface area (Å²) in [5, 5.41) is 3.45. The zero-order valence-corrected chi connectivity index (χ0v) is 17.1. The van der Waals surface area contributed by atoms with Gasteiger partial charge >= 0.3 is 0 Å². The lowest BCUT2D eigenvalue weighted by molar-refractivity contribution is -0.122. The minimum absolute atomic E-state index is 0.0709. The minimum Gasteiger partial charge on any atom is -0.341 e. The number of amides is 2.